The molecule has 0 aliphatic rings. The topological polar surface area (TPSA) is 102 Å². The first kappa shape index (κ1) is 23.4. The lowest BCUT2D eigenvalue weighted by atomic mass is 10.1. The van der Waals surface area contributed by atoms with Gasteiger partial charge in [-0.3, -0.25) is 4.79 Å². The van der Waals surface area contributed by atoms with E-state index in [0.717, 1.165) is 4.31 Å². The maximum Gasteiger partial charge on any atom is 0.338 e. The Kier molecular flexibility index (Phi) is 7.58. The molecule has 9 heteroatoms. The fourth-order valence-electron chi connectivity index (χ4n) is 2.88. The molecule has 0 saturated carbocycles. The van der Waals surface area contributed by atoms with Crippen molar-refractivity contribution in [3.8, 4) is 5.75 Å². The Morgan fingerprint density at radius 1 is 1.10 bits per heavy atom. The molecule has 2 aromatic carbocycles. The molecule has 0 atom stereocenters. The predicted octanol–water partition coefficient (Wildman–Crippen LogP) is 2.61. The SMILES string of the molecule is COC(=O)c1cccc(NC(=O)CCc2cc(S(=O)(=O)N(C)C)ccc2OC)c1C. The Balaban J connectivity index is 2.18. The number of hydrogen-bond acceptors (Lipinski definition) is 6. The molecule has 0 aliphatic carbocycles. The molecule has 1 N–H and O–H groups in total. The second kappa shape index (κ2) is 9.73. The van der Waals surface area contributed by atoms with Crippen LogP contribution < -0.4 is 10.1 Å². The molecular weight excluding hydrogens is 408 g/mol. The number of sulfonamides is 1. The summed E-state index contributed by atoms with van der Waals surface area (Å²) in [6.07, 6.45) is 0.380. The van der Waals surface area contributed by atoms with E-state index in [-0.39, 0.29) is 23.6 Å². The summed E-state index contributed by atoms with van der Waals surface area (Å²) in [4.78, 5) is 24.4. The molecule has 0 saturated heterocycles. The first-order valence-electron chi connectivity index (χ1n) is 9.19. The number of ether oxygens (including phenoxy) is 2. The number of benzene rings is 2. The van der Waals surface area contributed by atoms with Gasteiger partial charge >= 0.3 is 5.97 Å². The van der Waals surface area contributed by atoms with Crippen LogP contribution in [0.25, 0.3) is 0 Å². The quantitative estimate of drug-likeness (QED) is 0.641. The first-order valence-corrected chi connectivity index (χ1v) is 10.6. The zero-order chi connectivity index (χ0) is 22.5. The Bertz CT molecular complexity index is 1050. The minimum Gasteiger partial charge on any atom is -0.496 e. The third-order valence-corrected chi connectivity index (χ3v) is 6.48. The van der Waals surface area contributed by atoms with Crippen LogP contribution in [0.5, 0.6) is 5.75 Å². The van der Waals surface area contributed by atoms with Gasteiger partial charge in [-0.25, -0.2) is 17.5 Å². The molecular formula is C21H26N2O6S. The number of esters is 1. The molecule has 0 radical (unpaired) electrons. The van der Waals surface area contributed by atoms with Crippen molar-refractivity contribution in [3.63, 3.8) is 0 Å². The normalized spacial score (nSPS) is 11.3. The Labute approximate surface area is 176 Å². The lowest BCUT2D eigenvalue weighted by Gasteiger charge is -2.15. The lowest BCUT2D eigenvalue weighted by molar-refractivity contribution is -0.116. The average Bonchev–Trinajstić information content (AvgIpc) is 2.72. The summed E-state index contributed by atoms with van der Waals surface area (Å²) in [6, 6.07) is 9.55. The smallest absolute Gasteiger partial charge is 0.338 e. The van der Waals surface area contributed by atoms with Crippen LogP contribution in [0.4, 0.5) is 5.69 Å². The van der Waals surface area contributed by atoms with Gasteiger partial charge in [-0.2, -0.15) is 0 Å². The van der Waals surface area contributed by atoms with Gasteiger partial charge in [0.25, 0.3) is 0 Å². The number of carbonyl (C=O) groups excluding carboxylic acids is 2. The molecule has 2 aromatic rings. The van der Waals surface area contributed by atoms with Crippen molar-refractivity contribution >= 4 is 27.6 Å². The highest BCUT2D eigenvalue weighted by atomic mass is 32.2. The number of rotatable bonds is 8. The van der Waals surface area contributed by atoms with E-state index in [1.165, 1.54) is 40.4 Å². The number of carbonyl (C=O) groups is 2. The maximum atomic E-state index is 12.5. The summed E-state index contributed by atoms with van der Waals surface area (Å²) in [5.41, 5.74) is 2.10. The van der Waals surface area contributed by atoms with Crippen molar-refractivity contribution < 1.29 is 27.5 Å². The van der Waals surface area contributed by atoms with Crippen molar-refractivity contribution in [2.45, 2.75) is 24.7 Å². The van der Waals surface area contributed by atoms with Gasteiger partial charge in [0.15, 0.2) is 0 Å². The summed E-state index contributed by atoms with van der Waals surface area (Å²) >= 11 is 0. The van der Waals surface area contributed by atoms with Crippen LogP contribution in [-0.4, -0.2) is 52.9 Å². The molecule has 0 aromatic heterocycles. The van der Waals surface area contributed by atoms with Gasteiger partial charge in [0.1, 0.15) is 5.75 Å². The average molecular weight is 435 g/mol. The highest BCUT2D eigenvalue weighted by Crippen LogP contribution is 2.25. The van der Waals surface area contributed by atoms with Gasteiger partial charge < -0.3 is 14.8 Å². The van der Waals surface area contributed by atoms with Crippen molar-refractivity contribution in [1.29, 1.82) is 0 Å². The molecule has 162 valence electrons. The van der Waals surface area contributed by atoms with E-state index in [9.17, 15) is 18.0 Å². The third kappa shape index (κ3) is 5.17. The summed E-state index contributed by atoms with van der Waals surface area (Å²) in [6.45, 7) is 1.72. The molecule has 30 heavy (non-hydrogen) atoms. The zero-order valence-electron chi connectivity index (χ0n) is 17.7. The molecule has 2 rings (SSSR count). The number of aryl methyl sites for hydroxylation is 1. The fraction of sp³-hybridized carbons (Fsp3) is 0.333. The van der Waals surface area contributed by atoms with Crippen LogP contribution in [0.2, 0.25) is 0 Å². The van der Waals surface area contributed by atoms with Crippen LogP contribution in [0.1, 0.15) is 27.9 Å². The van der Waals surface area contributed by atoms with Crippen LogP contribution in [0.3, 0.4) is 0 Å². The number of nitrogens with zero attached hydrogens (tertiary/aromatic N) is 1. The Hall–Kier alpha value is -2.91. The van der Waals surface area contributed by atoms with Gasteiger partial charge in [0.2, 0.25) is 15.9 Å². The van der Waals surface area contributed by atoms with E-state index in [4.69, 9.17) is 9.47 Å². The van der Waals surface area contributed by atoms with E-state index in [2.05, 4.69) is 5.32 Å². The monoisotopic (exact) mass is 434 g/mol. The van der Waals surface area contributed by atoms with E-state index < -0.39 is 16.0 Å². The molecule has 0 heterocycles. The molecule has 0 fully saturated rings. The summed E-state index contributed by atoms with van der Waals surface area (Å²) in [7, 11) is 2.10. The lowest BCUT2D eigenvalue weighted by Crippen LogP contribution is -2.22. The van der Waals surface area contributed by atoms with Gasteiger partial charge in [-0.1, -0.05) is 6.07 Å². The van der Waals surface area contributed by atoms with Gasteiger partial charge in [0, 0.05) is 26.2 Å². The second-order valence-corrected chi connectivity index (χ2v) is 8.93. The number of methoxy groups -OCH3 is 2. The van der Waals surface area contributed by atoms with Crippen molar-refractivity contribution in [3.05, 3.63) is 53.1 Å². The summed E-state index contributed by atoms with van der Waals surface area (Å²) in [5.74, 6) is -0.250. The van der Waals surface area contributed by atoms with Gasteiger partial charge in [-0.15, -0.1) is 0 Å². The van der Waals surface area contributed by atoms with Gasteiger partial charge in [0.05, 0.1) is 24.7 Å². The van der Waals surface area contributed by atoms with Gasteiger partial charge in [-0.05, 0) is 54.8 Å². The highest BCUT2D eigenvalue weighted by molar-refractivity contribution is 7.89. The van der Waals surface area contributed by atoms with E-state index in [0.29, 0.717) is 28.1 Å². The van der Waals surface area contributed by atoms with Crippen molar-refractivity contribution in [1.82, 2.24) is 4.31 Å². The van der Waals surface area contributed by atoms with Crippen LogP contribution in [0, 0.1) is 6.92 Å². The Morgan fingerprint density at radius 2 is 1.80 bits per heavy atom. The first-order chi connectivity index (χ1) is 14.1. The minimum atomic E-state index is -3.60. The van der Waals surface area contributed by atoms with Crippen molar-refractivity contribution in [2.75, 3.05) is 33.6 Å². The summed E-state index contributed by atoms with van der Waals surface area (Å²) in [5, 5.41) is 2.79. The number of anilines is 1. The molecule has 0 bridgehead atoms. The zero-order valence-corrected chi connectivity index (χ0v) is 18.5. The molecule has 0 aliphatic heterocycles. The standard InChI is InChI=1S/C21H26N2O6S/c1-14-17(21(25)29-5)7-6-8-18(14)22-20(24)12-9-15-13-16(10-11-19(15)28-4)30(26,27)23(2)3/h6-8,10-11,13H,9,12H2,1-5H3,(H,22,24). The Morgan fingerprint density at radius 3 is 2.40 bits per heavy atom. The second-order valence-electron chi connectivity index (χ2n) is 6.78. The highest BCUT2D eigenvalue weighted by Gasteiger charge is 2.19. The van der Waals surface area contributed by atoms with E-state index in [1.54, 1.807) is 31.2 Å². The minimum absolute atomic E-state index is 0.101. The largest absolute Gasteiger partial charge is 0.496 e. The maximum absolute atomic E-state index is 12.5. The van der Waals surface area contributed by atoms with Crippen LogP contribution in [0.15, 0.2) is 41.3 Å². The third-order valence-electron chi connectivity index (χ3n) is 4.67. The fourth-order valence-corrected chi connectivity index (χ4v) is 3.84. The molecule has 0 spiro atoms. The molecule has 1 amide bonds. The van der Waals surface area contributed by atoms with Crippen molar-refractivity contribution in [2.24, 2.45) is 0 Å². The number of amides is 1. The van der Waals surface area contributed by atoms with E-state index in [1.807, 2.05) is 0 Å². The van der Waals surface area contributed by atoms with Crippen LogP contribution >= 0.6 is 0 Å². The predicted molar refractivity (Wildman–Crippen MR) is 113 cm³/mol. The number of hydrogen-bond donors (Lipinski definition) is 1. The van der Waals surface area contributed by atoms with Crippen LogP contribution in [-0.2, 0) is 26.0 Å². The van der Waals surface area contributed by atoms with E-state index >= 15 is 0 Å². The molecule has 0 unspecified atom stereocenters. The molecule has 8 nitrogen and oxygen atoms in total. The number of nitrogens with one attached hydrogen (secondary N) is 1. The summed E-state index contributed by atoms with van der Waals surface area (Å²) < 4.78 is 35.9.